The second-order valence-electron chi connectivity index (χ2n) is 5.97. The van der Waals surface area contributed by atoms with Crippen molar-refractivity contribution < 1.29 is 19.0 Å². The zero-order valence-corrected chi connectivity index (χ0v) is 15.6. The van der Waals surface area contributed by atoms with E-state index in [4.69, 9.17) is 24.9 Å². The maximum atomic E-state index is 12.0. The SMILES string of the molecule is CCOC(=O)C(N)Cc1c(-c2ccc(OC)c(OC)c2)nc2ccccn12. The fourth-order valence-corrected chi connectivity index (χ4v) is 3.00. The summed E-state index contributed by atoms with van der Waals surface area (Å²) in [4.78, 5) is 16.8. The van der Waals surface area contributed by atoms with E-state index in [2.05, 4.69) is 0 Å². The number of aromatic nitrogens is 2. The highest BCUT2D eigenvalue weighted by molar-refractivity contribution is 5.77. The predicted molar refractivity (Wildman–Crippen MR) is 102 cm³/mol. The lowest BCUT2D eigenvalue weighted by atomic mass is 10.0. The summed E-state index contributed by atoms with van der Waals surface area (Å²) in [6.45, 7) is 2.05. The summed E-state index contributed by atoms with van der Waals surface area (Å²) in [7, 11) is 3.18. The maximum Gasteiger partial charge on any atom is 0.323 e. The van der Waals surface area contributed by atoms with Gasteiger partial charge in [0.15, 0.2) is 11.5 Å². The Morgan fingerprint density at radius 2 is 1.96 bits per heavy atom. The van der Waals surface area contributed by atoms with Crippen molar-refractivity contribution in [3.63, 3.8) is 0 Å². The molecule has 7 nitrogen and oxygen atoms in total. The van der Waals surface area contributed by atoms with Gasteiger partial charge in [-0.3, -0.25) is 4.79 Å². The van der Waals surface area contributed by atoms with Gasteiger partial charge in [-0.2, -0.15) is 0 Å². The molecule has 1 unspecified atom stereocenters. The summed E-state index contributed by atoms with van der Waals surface area (Å²) in [6, 6.07) is 10.5. The minimum Gasteiger partial charge on any atom is -0.493 e. The van der Waals surface area contributed by atoms with Crippen molar-refractivity contribution in [2.75, 3.05) is 20.8 Å². The Balaban J connectivity index is 2.09. The Morgan fingerprint density at radius 3 is 2.67 bits per heavy atom. The van der Waals surface area contributed by atoms with E-state index < -0.39 is 12.0 Å². The Labute approximate surface area is 157 Å². The smallest absolute Gasteiger partial charge is 0.323 e. The number of imidazole rings is 1. The number of methoxy groups -OCH3 is 2. The molecule has 3 aromatic rings. The fraction of sp³-hybridized carbons (Fsp3) is 0.300. The van der Waals surface area contributed by atoms with Crippen molar-refractivity contribution in [2.24, 2.45) is 5.73 Å². The van der Waals surface area contributed by atoms with Crippen LogP contribution in [-0.2, 0) is 16.0 Å². The van der Waals surface area contributed by atoms with Gasteiger partial charge in [0.2, 0.25) is 0 Å². The van der Waals surface area contributed by atoms with Gasteiger partial charge in [-0.05, 0) is 37.3 Å². The summed E-state index contributed by atoms with van der Waals surface area (Å²) in [5, 5.41) is 0. The number of carbonyl (C=O) groups excluding carboxylic acids is 1. The average molecular weight is 369 g/mol. The Morgan fingerprint density at radius 1 is 1.19 bits per heavy atom. The third-order valence-corrected chi connectivity index (χ3v) is 4.29. The van der Waals surface area contributed by atoms with Gasteiger partial charge in [0.1, 0.15) is 11.7 Å². The molecule has 1 aromatic carbocycles. The van der Waals surface area contributed by atoms with Gasteiger partial charge < -0.3 is 24.3 Å². The van der Waals surface area contributed by atoms with Crippen molar-refractivity contribution in [3.05, 3.63) is 48.3 Å². The molecule has 2 heterocycles. The zero-order valence-electron chi connectivity index (χ0n) is 15.6. The molecule has 2 N–H and O–H groups in total. The summed E-state index contributed by atoms with van der Waals surface area (Å²) < 4.78 is 17.7. The molecule has 0 aliphatic heterocycles. The highest BCUT2D eigenvalue weighted by atomic mass is 16.5. The minimum atomic E-state index is -0.774. The lowest BCUT2D eigenvalue weighted by molar-refractivity contribution is -0.144. The lowest BCUT2D eigenvalue weighted by Gasteiger charge is -2.13. The molecular formula is C20H23N3O4. The number of benzene rings is 1. The molecule has 0 bridgehead atoms. The quantitative estimate of drug-likeness (QED) is 0.644. The van der Waals surface area contributed by atoms with Crippen LogP contribution in [0, 0.1) is 0 Å². The van der Waals surface area contributed by atoms with Crippen LogP contribution in [0.25, 0.3) is 16.9 Å². The first kappa shape index (κ1) is 18.7. The average Bonchev–Trinajstić information content (AvgIpc) is 3.06. The normalized spacial score (nSPS) is 12.0. The first-order valence-corrected chi connectivity index (χ1v) is 8.69. The molecule has 2 aromatic heterocycles. The third kappa shape index (κ3) is 3.73. The monoisotopic (exact) mass is 369 g/mol. The molecule has 7 heteroatoms. The van der Waals surface area contributed by atoms with E-state index >= 15 is 0 Å². The molecule has 0 amide bonds. The summed E-state index contributed by atoms with van der Waals surface area (Å²) in [5.41, 5.74) is 9.26. The molecule has 0 aliphatic rings. The summed E-state index contributed by atoms with van der Waals surface area (Å²) in [5.74, 6) is 0.809. The molecule has 142 valence electrons. The van der Waals surface area contributed by atoms with Crippen LogP contribution in [0.4, 0.5) is 0 Å². The first-order valence-electron chi connectivity index (χ1n) is 8.69. The molecule has 0 radical (unpaired) electrons. The number of hydrogen-bond donors (Lipinski definition) is 1. The van der Waals surface area contributed by atoms with E-state index in [1.54, 1.807) is 21.1 Å². The number of carbonyl (C=O) groups is 1. The van der Waals surface area contributed by atoms with E-state index in [0.29, 0.717) is 24.5 Å². The van der Waals surface area contributed by atoms with Crippen LogP contribution in [0.3, 0.4) is 0 Å². The van der Waals surface area contributed by atoms with E-state index in [-0.39, 0.29) is 0 Å². The number of esters is 1. The zero-order chi connectivity index (χ0) is 19.4. The van der Waals surface area contributed by atoms with Crippen LogP contribution >= 0.6 is 0 Å². The van der Waals surface area contributed by atoms with E-state index in [0.717, 1.165) is 22.6 Å². The van der Waals surface area contributed by atoms with E-state index in [1.165, 1.54) is 0 Å². The Kier molecular flexibility index (Phi) is 5.61. The second-order valence-corrected chi connectivity index (χ2v) is 5.97. The molecule has 3 rings (SSSR count). The van der Waals surface area contributed by atoms with Crippen LogP contribution < -0.4 is 15.2 Å². The van der Waals surface area contributed by atoms with Gasteiger partial charge in [0.25, 0.3) is 0 Å². The highest BCUT2D eigenvalue weighted by Gasteiger charge is 2.22. The molecule has 0 saturated heterocycles. The third-order valence-electron chi connectivity index (χ3n) is 4.29. The van der Waals surface area contributed by atoms with Crippen LogP contribution in [0.5, 0.6) is 11.5 Å². The molecule has 0 spiro atoms. The van der Waals surface area contributed by atoms with Gasteiger partial charge in [-0.15, -0.1) is 0 Å². The van der Waals surface area contributed by atoms with Crippen LogP contribution in [-0.4, -0.2) is 42.2 Å². The number of pyridine rings is 1. The van der Waals surface area contributed by atoms with Crippen molar-refractivity contribution in [2.45, 2.75) is 19.4 Å². The number of hydrogen-bond acceptors (Lipinski definition) is 6. The second kappa shape index (κ2) is 8.09. The molecule has 0 saturated carbocycles. The van der Waals surface area contributed by atoms with Crippen LogP contribution in [0.15, 0.2) is 42.6 Å². The number of nitrogens with zero attached hydrogens (tertiary/aromatic N) is 2. The highest BCUT2D eigenvalue weighted by Crippen LogP contribution is 2.34. The largest absolute Gasteiger partial charge is 0.493 e. The lowest BCUT2D eigenvalue weighted by Crippen LogP contribution is -2.34. The van der Waals surface area contributed by atoms with Gasteiger partial charge >= 0.3 is 5.97 Å². The van der Waals surface area contributed by atoms with E-state index in [1.807, 2.05) is 47.0 Å². The molecule has 0 fully saturated rings. The Bertz CT molecular complexity index is 952. The number of rotatable bonds is 7. The number of nitrogens with two attached hydrogens (primary N) is 1. The van der Waals surface area contributed by atoms with Crippen molar-refractivity contribution in [3.8, 4) is 22.8 Å². The predicted octanol–water partition coefficient (Wildman–Crippen LogP) is 2.45. The molecule has 27 heavy (non-hydrogen) atoms. The molecule has 1 atom stereocenters. The van der Waals surface area contributed by atoms with E-state index in [9.17, 15) is 4.79 Å². The van der Waals surface area contributed by atoms with Gasteiger partial charge in [0.05, 0.1) is 32.2 Å². The first-order chi connectivity index (χ1) is 13.1. The Hall–Kier alpha value is -3.06. The van der Waals surface area contributed by atoms with Crippen molar-refractivity contribution in [1.82, 2.24) is 9.38 Å². The maximum absolute atomic E-state index is 12.0. The molecule has 0 aliphatic carbocycles. The molecular weight excluding hydrogens is 346 g/mol. The van der Waals surface area contributed by atoms with Gasteiger partial charge in [0, 0.05) is 18.2 Å². The fourth-order valence-electron chi connectivity index (χ4n) is 3.00. The summed E-state index contributed by atoms with van der Waals surface area (Å²) in [6.07, 6.45) is 2.20. The van der Waals surface area contributed by atoms with Crippen molar-refractivity contribution >= 4 is 11.6 Å². The van der Waals surface area contributed by atoms with Crippen LogP contribution in [0.1, 0.15) is 12.6 Å². The standard InChI is InChI=1S/C20H23N3O4/c1-4-27-20(24)14(21)12-15-19(22-18-7-5-6-10-23(15)18)13-8-9-16(25-2)17(11-13)26-3/h5-11,14H,4,12,21H2,1-3H3. The number of fused-ring (bicyclic) bond motifs is 1. The number of ether oxygens (including phenoxy) is 3. The van der Waals surface area contributed by atoms with Gasteiger partial charge in [-0.1, -0.05) is 6.07 Å². The topological polar surface area (TPSA) is 88.1 Å². The van der Waals surface area contributed by atoms with Crippen LogP contribution in [0.2, 0.25) is 0 Å². The van der Waals surface area contributed by atoms with Crippen molar-refractivity contribution in [1.29, 1.82) is 0 Å². The summed E-state index contributed by atoms with van der Waals surface area (Å²) >= 11 is 0. The van der Waals surface area contributed by atoms with Gasteiger partial charge in [-0.25, -0.2) is 4.98 Å². The minimum absolute atomic E-state index is 0.294.